The summed E-state index contributed by atoms with van der Waals surface area (Å²) in [5.41, 5.74) is -0.850. The molecule has 0 aromatic rings. The number of carbonyl (C=O) groups excluding carboxylic acids is 2. The van der Waals surface area contributed by atoms with Crippen molar-refractivity contribution in [1.82, 2.24) is 0 Å². The van der Waals surface area contributed by atoms with Crippen molar-refractivity contribution in [3.63, 3.8) is 0 Å². The Labute approximate surface area is 118 Å². The van der Waals surface area contributed by atoms with Crippen molar-refractivity contribution < 1.29 is 28.5 Å². The van der Waals surface area contributed by atoms with E-state index in [1.54, 1.807) is 13.8 Å². The molecule has 0 unspecified atom stereocenters. The molecule has 0 bridgehead atoms. The number of carbonyl (C=O) groups is 2. The molecule has 20 heavy (non-hydrogen) atoms. The Kier molecular flexibility index (Phi) is 3.88. The Bertz CT molecular complexity index is 468. The number of hydrogen-bond acceptors (Lipinski definition) is 6. The highest BCUT2D eigenvalue weighted by atomic mass is 16.6. The number of ether oxygens (including phenoxy) is 4. The van der Waals surface area contributed by atoms with Crippen LogP contribution in [-0.4, -0.2) is 51.1 Å². The average molecular weight is 284 g/mol. The van der Waals surface area contributed by atoms with E-state index < -0.39 is 23.0 Å². The Morgan fingerprint density at radius 3 is 2.60 bits per heavy atom. The van der Waals surface area contributed by atoms with Gasteiger partial charge in [-0.3, -0.25) is 0 Å². The van der Waals surface area contributed by atoms with Crippen molar-refractivity contribution >= 4 is 11.9 Å². The van der Waals surface area contributed by atoms with Crippen LogP contribution in [0.2, 0.25) is 0 Å². The summed E-state index contributed by atoms with van der Waals surface area (Å²) in [5.74, 6) is -1.16. The summed E-state index contributed by atoms with van der Waals surface area (Å²) in [6, 6.07) is 0. The summed E-state index contributed by atoms with van der Waals surface area (Å²) in [6.45, 7) is 6.48. The van der Waals surface area contributed by atoms with Crippen LogP contribution < -0.4 is 0 Å². The minimum absolute atomic E-state index is 0.213. The molecular weight excluding hydrogens is 264 g/mol. The van der Waals surface area contributed by atoms with Gasteiger partial charge in [0.1, 0.15) is 0 Å². The fourth-order valence-corrected chi connectivity index (χ4v) is 2.66. The molecule has 0 N–H and O–H groups in total. The molecule has 2 aliphatic rings. The average Bonchev–Trinajstić information content (AvgIpc) is 2.80. The molecule has 1 fully saturated rings. The maximum atomic E-state index is 12.2. The summed E-state index contributed by atoms with van der Waals surface area (Å²) in [6.07, 6.45) is 0. The largest absolute Gasteiger partial charge is 0.466 e. The number of hydrogen-bond donors (Lipinski definition) is 0. The molecule has 2 heterocycles. The highest BCUT2D eigenvalue weighted by Crippen LogP contribution is 2.45. The smallest absolute Gasteiger partial charge is 0.343 e. The number of rotatable bonds is 3. The van der Waals surface area contributed by atoms with E-state index in [0.717, 1.165) is 5.57 Å². The molecule has 6 heteroatoms. The molecule has 0 aliphatic carbocycles. The normalized spacial score (nSPS) is 32.8. The van der Waals surface area contributed by atoms with Gasteiger partial charge < -0.3 is 18.9 Å². The van der Waals surface area contributed by atoms with E-state index in [4.69, 9.17) is 18.9 Å². The van der Waals surface area contributed by atoms with Gasteiger partial charge in [-0.15, -0.1) is 0 Å². The molecule has 0 aromatic heterocycles. The zero-order valence-corrected chi connectivity index (χ0v) is 12.3. The van der Waals surface area contributed by atoms with E-state index >= 15 is 0 Å². The van der Waals surface area contributed by atoms with Gasteiger partial charge in [0.25, 0.3) is 0 Å². The van der Waals surface area contributed by atoms with Gasteiger partial charge in [0.2, 0.25) is 0 Å². The maximum Gasteiger partial charge on any atom is 0.343 e. The first-order chi connectivity index (χ1) is 9.39. The highest BCUT2D eigenvalue weighted by molar-refractivity contribution is 6.01. The molecule has 2 rings (SSSR count). The lowest BCUT2D eigenvalue weighted by atomic mass is 9.75. The zero-order valence-electron chi connectivity index (χ0n) is 12.3. The van der Waals surface area contributed by atoms with Crippen molar-refractivity contribution in [3.8, 4) is 0 Å². The van der Waals surface area contributed by atoms with E-state index in [2.05, 4.69) is 0 Å². The number of methoxy groups -OCH3 is 1. The monoisotopic (exact) mass is 284 g/mol. The van der Waals surface area contributed by atoms with Crippen molar-refractivity contribution in [2.24, 2.45) is 5.41 Å². The SMILES string of the molecule is CCOC(=O)[C@@]1(C)OC[C@@]2(C)COCC2=C1C(=O)OC. The van der Waals surface area contributed by atoms with Crippen molar-refractivity contribution in [2.45, 2.75) is 26.4 Å². The molecule has 0 radical (unpaired) electrons. The third-order valence-corrected chi connectivity index (χ3v) is 3.91. The maximum absolute atomic E-state index is 12.2. The van der Waals surface area contributed by atoms with Crippen LogP contribution in [0, 0.1) is 5.41 Å². The lowest BCUT2D eigenvalue weighted by Gasteiger charge is -2.40. The summed E-state index contributed by atoms with van der Waals surface area (Å²) < 4.78 is 21.0. The summed E-state index contributed by atoms with van der Waals surface area (Å²) in [4.78, 5) is 24.4. The van der Waals surface area contributed by atoms with Gasteiger partial charge in [0.05, 0.1) is 39.1 Å². The Morgan fingerprint density at radius 2 is 2.00 bits per heavy atom. The third kappa shape index (κ3) is 2.13. The minimum atomic E-state index is -1.44. The Balaban J connectivity index is 2.54. The predicted octanol–water partition coefficient (Wildman–Crippen LogP) is 0.844. The first kappa shape index (κ1) is 15.0. The van der Waals surface area contributed by atoms with Crippen LogP contribution in [-0.2, 0) is 28.5 Å². The van der Waals surface area contributed by atoms with E-state index in [1.807, 2.05) is 6.92 Å². The fourth-order valence-electron chi connectivity index (χ4n) is 2.66. The van der Waals surface area contributed by atoms with Gasteiger partial charge in [-0.1, -0.05) is 6.92 Å². The summed E-state index contributed by atoms with van der Waals surface area (Å²) in [7, 11) is 1.28. The van der Waals surface area contributed by atoms with E-state index in [1.165, 1.54) is 7.11 Å². The molecule has 112 valence electrons. The van der Waals surface area contributed by atoms with Gasteiger partial charge in [0, 0.05) is 5.41 Å². The van der Waals surface area contributed by atoms with Crippen LogP contribution in [0.25, 0.3) is 0 Å². The van der Waals surface area contributed by atoms with Crippen molar-refractivity contribution in [2.75, 3.05) is 33.5 Å². The van der Waals surface area contributed by atoms with Crippen LogP contribution in [0.15, 0.2) is 11.1 Å². The van der Waals surface area contributed by atoms with Crippen LogP contribution in [0.1, 0.15) is 20.8 Å². The lowest BCUT2D eigenvalue weighted by molar-refractivity contribution is -0.173. The standard InChI is InChI=1S/C14H20O6/c1-5-19-12(16)14(3)10(11(15)17-4)9-6-18-7-13(9,2)8-20-14/h5-8H2,1-4H3/t13-,14+/m1/s1. The van der Waals surface area contributed by atoms with Gasteiger partial charge >= 0.3 is 11.9 Å². The second-order valence-corrected chi connectivity index (χ2v) is 5.44. The van der Waals surface area contributed by atoms with Crippen LogP contribution >= 0.6 is 0 Å². The number of fused-ring (bicyclic) bond motifs is 1. The molecule has 0 amide bonds. The Morgan fingerprint density at radius 1 is 1.30 bits per heavy atom. The molecule has 2 atom stereocenters. The summed E-state index contributed by atoms with van der Waals surface area (Å²) in [5, 5.41) is 0. The molecule has 6 nitrogen and oxygen atoms in total. The second kappa shape index (κ2) is 5.18. The Hall–Kier alpha value is -1.40. The third-order valence-electron chi connectivity index (χ3n) is 3.91. The topological polar surface area (TPSA) is 71.1 Å². The zero-order chi connectivity index (χ0) is 15.0. The van der Waals surface area contributed by atoms with Crippen LogP contribution in [0.3, 0.4) is 0 Å². The lowest BCUT2D eigenvalue weighted by Crippen LogP contribution is -2.52. The van der Waals surface area contributed by atoms with E-state index in [9.17, 15) is 9.59 Å². The van der Waals surface area contributed by atoms with Gasteiger partial charge in [-0.2, -0.15) is 0 Å². The first-order valence-electron chi connectivity index (χ1n) is 6.60. The van der Waals surface area contributed by atoms with Gasteiger partial charge in [0.15, 0.2) is 5.60 Å². The quantitative estimate of drug-likeness (QED) is 0.715. The molecule has 0 spiro atoms. The first-order valence-corrected chi connectivity index (χ1v) is 6.60. The summed E-state index contributed by atoms with van der Waals surface area (Å²) >= 11 is 0. The van der Waals surface area contributed by atoms with Crippen LogP contribution in [0.5, 0.6) is 0 Å². The molecular formula is C14H20O6. The van der Waals surface area contributed by atoms with Gasteiger partial charge in [-0.25, -0.2) is 9.59 Å². The van der Waals surface area contributed by atoms with Crippen molar-refractivity contribution in [1.29, 1.82) is 0 Å². The second-order valence-electron chi connectivity index (χ2n) is 5.44. The minimum Gasteiger partial charge on any atom is -0.466 e. The predicted molar refractivity (Wildman–Crippen MR) is 69.0 cm³/mol. The number of esters is 2. The van der Waals surface area contributed by atoms with E-state index in [0.29, 0.717) is 19.8 Å². The highest BCUT2D eigenvalue weighted by Gasteiger charge is 2.55. The van der Waals surface area contributed by atoms with Gasteiger partial charge in [-0.05, 0) is 19.4 Å². The van der Waals surface area contributed by atoms with Crippen LogP contribution in [0.4, 0.5) is 0 Å². The van der Waals surface area contributed by atoms with E-state index in [-0.39, 0.29) is 12.2 Å². The molecule has 0 saturated carbocycles. The molecule has 1 saturated heterocycles. The molecule has 2 aliphatic heterocycles. The fraction of sp³-hybridized carbons (Fsp3) is 0.714. The molecule has 0 aromatic carbocycles. The van der Waals surface area contributed by atoms with Crippen molar-refractivity contribution in [3.05, 3.63) is 11.1 Å².